The van der Waals surface area contributed by atoms with Crippen molar-refractivity contribution in [3.05, 3.63) is 59.9 Å². The van der Waals surface area contributed by atoms with Gasteiger partial charge in [-0.1, -0.05) is 32.0 Å². The molecule has 0 bridgehead atoms. The number of para-hydroxylation sites is 1. The largest absolute Gasteiger partial charge is 0.492 e. The molecule has 2 amide bonds. The molecule has 0 aromatic heterocycles. The van der Waals surface area contributed by atoms with Crippen molar-refractivity contribution in [2.24, 2.45) is 11.3 Å². The van der Waals surface area contributed by atoms with Crippen LogP contribution in [0.4, 0.5) is 10.1 Å². The highest BCUT2D eigenvalue weighted by Gasteiger charge is 2.66. The quantitative estimate of drug-likeness (QED) is 0.779. The molecule has 6 heteroatoms. The topological polar surface area (TPSA) is 58.6 Å². The summed E-state index contributed by atoms with van der Waals surface area (Å²) in [5.41, 5.74) is 1.21. The van der Waals surface area contributed by atoms with Crippen LogP contribution < -0.4 is 15.0 Å². The van der Waals surface area contributed by atoms with Gasteiger partial charge >= 0.3 is 0 Å². The predicted octanol–water partition coefficient (Wildman–Crippen LogP) is 3.50. The Bertz CT molecular complexity index is 928. The SMILES string of the molecule is CC(C)CNC(=O)CN1C(=O)[C@@]2(COc3ccc(F)cc3)C[C@H]2c2ccccc21. The maximum Gasteiger partial charge on any atom is 0.240 e. The van der Waals surface area contributed by atoms with Gasteiger partial charge in [-0.25, -0.2) is 4.39 Å². The lowest BCUT2D eigenvalue weighted by atomic mass is 9.92. The second-order valence-corrected chi connectivity index (χ2v) is 8.30. The fourth-order valence-corrected chi connectivity index (χ4v) is 3.99. The van der Waals surface area contributed by atoms with Crippen LogP contribution >= 0.6 is 0 Å². The minimum absolute atomic E-state index is 0.00636. The second-order valence-electron chi connectivity index (χ2n) is 8.30. The van der Waals surface area contributed by atoms with E-state index in [0.717, 1.165) is 11.3 Å². The van der Waals surface area contributed by atoms with Crippen LogP contribution in [0.1, 0.15) is 31.7 Å². The summed E-state index contributed by atoms with van der Waals surface area (Å²) in [6, 6.07) is 13.5. The molecule has 2 aromatic carbocycles. The zero-order valence-electron chi connectivity index (χ0n) is 16.7. The number of anilines is 1. The van der Waals surface area contributed by atoms with Crippen molar-refractivity contribution in [1.29, 1.82) is 0 Å². The molecule has 1 N–H and O–H groups in total. The summed E-state index contributed by atoms with van der Waals surface area (Å²) in [4.78, 5) is 27.4. The van der Waals surface area contributed by atoms with Crippen LogP contribution in [0.25, 0.3) is 0 Å². The third kappa shape index (κ3) is 3.71. The van der Waals surface area contributed by atoms with E-state index >= 15 is 0 Å². The van der Waals surface area contributed by atoms with Gasteiger partial charge in [0.1, 0.15) is 24.7 Å². The van der Waals surface area contributed by atoms with Crippen molar-refractivity contribution in [2.45, 2.75) is 26.2 Å². The maximum absolute atomic E-state index is 13.4. The van der Waals surface area contributed by atoms with Gasteiger partial charge in [0.25, 0.3) is 0 Å². The molecule has 1 saturated carbocycles. The summed E-state index contributed by atoms with van der Waals surface area (Å²) in [6.45, 7) is 4.83. The average Bonchev–Trinajstić information content (AvgIpc) is 3.46. The molecule has 0 spiro atoms. The molecule has 1 aliphatic heterocycles. The first-order valence-electron chi connectivity index (χ1n) is 9.96. The lowest BCUT2D eigenvalue weighted by Gasteiger charge is -2.33. The van der Waals surface area contributed by atoms with Gasteiger partial charge < -0.3 is 15.0 Å². The lowest BCUT2D eigenvalue weighted by Crippen LogP contribution is -2.48. The number of hydrogen-bond donors (Lipinski definition) is 1. The van der Waals surface area contributed by atoms with E-state index in [1.54, 1.807) is 17.0 Å². The van der Waals surface area contributed by atoms with Gasteiger partial charge in [0.2, 0.25) is 11.8 Å². The van der Waals surface area contributed by atoms with Gasteiger partial charge in [-0.15, -0.1) is 0 Å². The van der Waals surface area contributed by atoms with E-state index in [-0.39, 0.29) is 36.7 Å². The van der Waals surface area contributed by atoms with Crippen LogP contribution in [-0.4, -0.2) is 31.5 Å². The summed E-state index contributed by atoms with van der Waals surface area (Å²) in [5.74, 6) is 0.368. The van der Waals surface area contributed by atoms with Crippen LogP contribution in [0.5, 0.6) is 5.75 Å². The lowest BCUT2D eigenvalue weighted by molar-refractivity contribution is -0.128. The van der Waals surface area contributed by atoms with E-state index in [1.807, 2.05) is 38.1 Å². The zero-order chi connectivity index (χ0) is 20.6. The zero-order valence-corrected chi connectivity index (χ0v) is 16.7. The molecule has 0 saturated heterocycles. The van der Waals surface area contributed by atoms with Crippen LogP contribution in [-0.2, 0) is 9.59 Å². The highest BCUT2D eigenvalue weighted by Crippen LogP contribution is 2.65. The molecule has 152 valence electrons. The van der Waals surface area contributed by atoms with Gasteiger partial charge in [-0.2, -0.15) is 0 Å². The highest BCUT2D eigenvalue weighted by atomic mass is 19.1. The first-order chi connectivity index (χ1) is 13.9. The normalized spacial score (nSPS) is 22.1. The Kier molecular flexibility index (Phi) is 5.03. The number of fused-ring (bicyclic) bond motifs is 3. The number of halogens is 1. The molecule has 2 atom stereocenters. The molecule has 0 radical (unpaired) electrons. The number of nitrogens with one attached hydrogen (secondary N) is 1. The molecule has 4 rings (SSSR count). The van der Waals surface area contributed by atoms with Gasteiger partial charge in [0.05, 0.1) is 5.41 Å². The molecule has 0 unspecified atom stereocenters. The third-order valence-corrected chi connectivity index (χ3v) is 5.67. The standard InChI is InChI=1S/C23H25FN2O3/c1-15(2)12-25-21(27)13-26-20-6-4-3-5-18(20)19-11-23(19,22(26)28)14-29-17-9-7-16(24)8-10-17/h3-10,15,19H,11-14H2,1-2H3,(H,25,27)/t19-,23+/m0/s1. The van der Waals surface area contributed by atoms with Crippen molar-refractivity contribution in [3.63, 3.8) is 0 Å². The fraction of sp³-hybridized carbons (Fsp3) is 0.391. The number of carbonyl (C=O) groups excluding carboxylic acids is 2. The Balaban J connectivity index is 1.54. The molecule has 29 heavy (non-hydrogen) atoms. The minimum atomic E-state index is -0.666. The Morgan fingerprint density at radius 1 is 1.24 bits per heavy atom. The predicted molar refractivity (Wildman–Crippen MR) is 108 cm³/mol. The average molecular weight is 396 g/mol. The molecule has 1 fully saturated rings. The molecular weight excluding hydrogens is 371 g/mol. The summed E-state index contributed by atoms with van der Waals surface area (Å²) < 4.78 is 19.0. The summed E-state index contributed by atoms with van der Waals surface area (Å²) in [5, 5.41) is 2.89. The van der Waals surface area contributed by atoms with E-state index in [1.165, 1.54) is 12.1 Å². The van der Waals surface area contributed by atoms with E-state index in [4.69, 9.17) is 4.74 Å². The molecule has 1 heterocycles. The van der Waals surface area contributed by atoms with E-state index in [2.05, 4.69) is 5.32 Å². The van der Waals surface area contributed by atoms with Crippen molar-refractivity contribution < 1.29 is 18.7 Å². The van der Waals surface area contributed by atoms with E-state index in [0.29, 0.717) is 24.6 Å². The van der Waals surface area contributed by atoms with Crippen molar-refractivity contribution in [3.8, 4) is 5.75 Å². The Labute approximate surface area is 169 Å². The monoisotopic (exact) mass is 396 g/mol. The fourth-order valence-electron chi connectivity index (χ4n) is 3.99. The van der Waals surface area contributed by atoms with Crippen LogP contribution in [0.3, 0.4) is 0 Å². The number of hydrogen-bond acceptors (Lipinski definition) is 3. The van der Waals surface area contributed by atoms with Gasteiger partial charge in [-0.3, -0.25) is 9.59 Å². The van der Waals surface area contributed by atoms with Crippen molar-refractivity contribution in [2.75, 3.05) is 24.6 Å². The van der Waals surface area contributed by atoms with Gasteiger partial charge in [0, 0.05) is 18.2 Å². The Morgan fingerprint density at radius 3 is 2.69 bits per heavy atom. The highest BCUT2D eigenvalue weighted by molar-refractivity contribution is 6.07. The Morgan fingerprint density at radius 2 is 1.97 bits per heavy atom. The number of ether oxygens (including phenoxy) is 1. The number of rotatable bonds is 7. The molecule has 5 nitrogen and oxygen atoms in total. The minimum Gasteiger partial charge on any atom is -0.492 e. The number of carbonyl (C=O) groups is 2. The van der Waals surface area contributed by atoms with Crippen LogP contribution in [0.2, 0.25) is 0 Å². The van der Waals surface area contributed by atoms with Crippen LogP contribution in [0, 0.1) is 17.2 Å². The smallest absolute Gasteiger partial charge is 0.240 e. The first kappa shape index (κ1) is 19.4. The number of benzene rings is 2. The molecule has 1 aliphatic carbocycles. The van der Waals surface area contributed by atoms with Gasteiger partial charge in [0.15, 0.2) is 0 Å². The van der Waals surface area contributed by atoms with Gasteiger partial charge in [-0.05, 0) is 48.2 Å². The van der Waals surface area contributed by atoms with Crippen LogP contribution in [0.15, 0.2) is 48.5 Å². The maximum atomic E-state index is 13.4. The summed E-state index contributed by atoms with van der Waals surface area (Å²) in [6.07, 6.45) is 0.689. The second kappa shape index (κ2) is 7.50. The molecule has 2 aromatic rings. The van der Waals surface area contributed by atoms with E-state index in [9.17, 15) is 14.0 Å². The third-order valence-electron chi connectivity index (χ3n) is 5.67. The number of amides is 2. The molecular formula is C23H25FN2O3. The molecule has 2 aliphatic rings. The number of nitrogens with zero attached hydrogens (tertiary/aromatic N) is 1. The Hall–Kier alpha value is -2.89. The summed E-state index contributed by atoms with van der Waals surface area (Å²) >= 11 is 0. The first-order valence-corrected chi connectivity index (χ1v) is 9.96. The van der Waals surface area contributed by atoms with E-state index < -0.39 is 5.41 Å². The summed E-state index contributed by atoms with van der Waals surface area (Å²) in [7, 11) is 0. The van der Waals surface area contributed by atoms with Crippen molar-refractivity contribution in [1.82, 2.24) is 5.32 Å². The van der Waals surface area contributed by atoms with Crippen molar-refractivity contribution >= 4 is 17.5 Å².